The van der Waals surface area contributed by atoms with Crippen molar-refractivity contribution in [3.8, 4) is 0 Å². The lowest BCUT2D eigenvalue weighted by Gasteiger charge is -2.05. The van der Waals surface area contributed by atoms with Crippen LogP contribution in [0.5, 0.6) is 0 Å². The van der Waals surface area contributed by atoms with Gasteiger partial charge in [-0.05, 0) is 29.8 Å². The maximum atomic E-state index is 12.1. The molecule has 2 aromatic heterocycles. The van der Waals surface area contributed by atoms with Gasteiger partial charge in [0.1, 0.15) is 5.65 Å². The molecule has 22 heavy (non-hydrogen) atoms. The molecule has 0 radical (unpaired) electrons. The molecule has 0 saturated heterocycles. The van der Waals surface area contributed by atoms with Gasteiger partial charge in [0.15, 0.2) is 0 Å². The summed E-state index contributed by atoms with van der Waals surface area (Å²) >= 11 is 13.5. The first-order valence-corrected chi connectivity index (χ1v) is 8.53. The van der Waals surface area contributed by atoms with E-state index in [0.29, 0.717) is 16.4 Å². The zero-order chi connectivity index (χ0) is 15.5. The Labute approximate surface area is 141 Å². The third-order valence-electron chi connectivity index (χ3n) is 3.08. The molecule has 3 aromatic rings. The van der Waals surface area contributed by atoms with Gasteiger partial charge >= 0.3 is 0 Å². The Bertz CT molecular complexity index is 879. The molecular weight excluding hydrogens is 339 g/mol. The number of hydrogen-bond donors (Lipinski definition) is 0. The molecule has 0 aliphatic carbocycles. The van der Waals surface area contributed by atoms with Crippen molar-refractivity contribution in [1.82, 2.24) is 9.38 Å². The molecule has 2 heterocycles. The van der Waals surface area contributed by atoms with Gasteiger partial charge in [0.05, 0.1) is 10.7 Å². The molecule has 0 fully saturated rings. The van der Waals surface area contributed by atoms with Gasteiger partial charge in [-0.2, -0.15) is 11.8 Å². The third kappa shape index (κ3) is 3.64. The lowest BCUT2D eigenvalue weighted by atomic mass is 10.2. The van der Waals surface area contributed by atoms with Crippen molar-refractivity contribution >= 4 is 40.6 Å². The molecular formula is C16H12Cl2N2OS. The van der Waals surface area contributed by atoms with Gasteiger partial charge in [0.2, 0.25) is 0 Å². The Hall–Kier alpha value is -1.49. The van der Waals surface area contributed by atoms with Crippen LogP contribution in [0, 0.1) is 0 Å². The van der Waals surface area contributed by atoms with Crippen LogP contribution in [0.1, 0.15) is 11.3 Å². The summed E-state index contributed by atoms with van der Waals surface area (Å²) in [5.41, 5.74) is 2.40. The Morgan fingerprint density at radius 2 is 1.91 bits per heavy atom. The molecule has 0 unspecified atom stereocenters. The molecule has 112 valence electrons. The van der Waals surface area contributed by atoms with Crippen molar-refractivity contribution in [2.24, 2.45) is 0 Å². The highest BCUT2D eigenvalue weighted by molar-refractivity contribution is 7.97. The van der Waals surface area contributed by atoms with Crippen LogP contribution < -0.4 is 5.56 Å². The summed E-state index contributed by atoms with van der Waals surface area (Å²) in [6.07, 6.45) is 1.58. The fourth-order valence-electron chi connectivity index (χ4n) is 2.10. The fraction of sp³-hybridized carbons (Fsp3) is 0.125. The molecule has 3 nitrogen and oxygen atoms in total. The second-order valence-corrected chi connectivity index (χ2v) is 6.64. The Balaban J connectivity index is 1.74. The van der Waals surface area contributed by atoms with Crippen LogP contribution in [0.4, 0.5) is 0 Å². The van der Waals surface area contributed by atoms with Crippen LogP contribution >= 0.6 is 35.0 Å². The minimum atomic E-state index is -0.120. The smallest absolute Gasteiger partial charge is 0.258 e. The second-order valence-electron chi connectivity index (χ2n) is 4.78. The van der Waals surface area contributed by atoms with Crippen molar-refractivity contribution < 1.29 is 0 Å². The van der Waals surface area contributed by atoms with E-state index >= 15 is 0 Å². The molecule has 0 bridgehead atoms. The number of nitrogens with zero attached hydrogens (tertiary/aromatic N) is 2. The largest absolute Gasteiger partial charge is 0.269 e. The number of halogens is 2. The van der Waals surface area contributed by atoms with Gasteiger partial charge in [-0.3, -0.25) is 9.20 Å². The summed E-state index contributed by atoms with van der Waals surface area (Å²) in [6.45, 7) is 0. The number of pyridine rings is 1. The molecule has 0 amide bonds. The predicted octanol–water partition coefficient (Wildman–Crippen LogP) is 4.43. The van der Waals surface area contributed by atoms with E-state index in [1.807, 2.05) is 24.3 Å². The van der Waals surface area contributed by atoms with Crippen molar-refractivity contribution in [2.45, 2.75) is 11.5 Å². The number of aromatic nitrogens is 2. The van der Waals surface area contributed by atoms with Crippen LogP contribution in [0.25, 0.3) is 5.65 Å². The first kappa shape index (κ1) is 15.4. The maximum absolute atomic E-state index is 12.1. The van der Waals surface area contributed by atoms with Crippen LogP contribution in [0.3, 0.4) is 0 Å². The standard InChI is InChI=1S/C16H12Cl2N2OS/c17-12-3-1-2-11(6-12)9-22-10-14-7-16(21)20-8-13(18)4-5-15(20)19-14/h1-8H,9-10H2. The van der Waals surface area contributed by atoms with Crippen LogP contribution in [0.15, 0.2) is 53.5 Å². The van der Waals surface area contributed by atoms with E-state index in [2.05, 4.69) is 4.98 Å². The monoisotopic (exact) mass is 350 g/mol. The molecule has 6 heteroatoms. The molecule has 0 spiro atoms. The summed E-state index contributed by atoms with van der Waals surface area (Å²) in [4.78, 5) is 16.6. The van der Waals surface area contributed by atoms with Gasteiger partial charge in [-0.15, -0.1) is 0 Å². The van der Waals surface area contributed by atoms with E-state index in [1.54, 1.807) is 36.2 Å². The van der Waals surface area contributed by atoms with E-state index in [4.69, 9.17) is 23.2 Å². The highest BCUT2D eigenvalue weighted by atomic mass is 35.5. The van der Waals surface area contributed by atoms with E-state index in [0.717, 1.165) is 22.0 Å². The minimum absolute atomic E-state index is 0.120. The summed E-state index contributed by atoms with van der Waals surface area (Å²) < 4.78 is 1.45. The number of thioether (sulfide) groups is 1. The predicted molar refractivity (Wildman–Crippen MR) is 92.9 cm³/mol. The van der Waals surface area contributed by atoms with E-state index in [9.17, 15) is 4.79 Å². The van der Waals surface area contributed by atoms with Crippen molar-refractivity contribution in [3.05, 3.63) is 80.3 Å². The highest BCUT2D eigenvalue weighted by Gasteiger charge is 2.04. The maximum Gasteiger partial charge on any atom is 0.258 e. The van der Waals surface area contributed by atoms with E-state index < -0.39 is 0 Å². The average molecular weight is 351 g/mol. The molecule has 0 aliphatic heterocycles. The Morgan fingerprint density at radius 1 is 1.05 bits per heavy atom. The number of rotatable bonds is 4. The second kappa shape index (κ2) is 6.73. The Morgan fingerprint density at radius 3 is 2.73 bits per heavy atom. The first-order valence-electron chi connectivity index (χ1n) is 6.62. The fourth-order valence-corrected chi connectivity index (χ4v) is 3.35. The van der Waals surface area contributed by atoms with Gasteiger partial charge < -0.3 is 0 Å². The van der Waals surface area contributed by atoms with Crippen molar-refractivity contribution in [3.63, 3.8) is 0 Å². The first-order chi connectivity index (χ1) is 10.6. The van der Waals surface area contributed by atoms with Crippen molar-refractivity contribution in [1.29, 1.82) is 0 Å². The summed E-state index contributed by atoms with van der Waals surface area (Å²) in [5, 5.41) is 1.25. The molecule has 0 N–H and O–H groups in total. The summed E-state index contributed by atoms with van der Waals surface area (Å²) in [7, 11) is 0. The zero-order valence-corrected chi connectivity index (χ0v) is 13.8. The molecule has 1 aromatic carbocycles. The van der Waals surface area contributed by atoms with Crippen LogP contribution in [-0.2, 0) is 11.5 Å². The summed E-state index contributed by atoms with van der Waals surface area (Å²) in [5.74, 6) is 1.49. The van der Waals surface area contributed by atoms with Crippen LogP contribution in [-0.4, -0.2) is 9.38 Å². The quantitative estimate of drug-likeness (QED) is 0.697. The van der Waals surface area contributed by atoms with E-state index in [1.165, 1.54) is 4.40 Å². The topological polar surface area (TPSA) is 34.4 Å². The van der Waals surface area contributed by atoms with Gasteiger partial charge in [-0.1, -0.05) is 35.3 Å². The lowest BCUT2D eigenvalue weighted by Crippen LogP contribution is -2.15. The SMILES string of the molecule is O=c1cc(CSCc2cccc(Cl)c2)nc2ccc(Cl)cn12. The van der Waals surface area contributed by atoms with E-state index in [-0.39, 0.29) is 5.56 Å². The molecule has 0 aliphatic rings. The minimum Gasteiger partial charge on any atom is -0.269 e. The third-order valence-corrected chi connectivity index (χ3v) is 4.58. The van der Waals surface area contributed by atoms with Gasteiger partial charge in [0.25, 0.3) is 5.56 Å². The van der Waals surface area contributed by atoms with Crippen molar-refractivity contribution in [2.75, 3.05) is 0 Å². The molecule has 3 rings (SSSR count). The summed E-state index contributed by atoms with van der Waals surface area (Å²) in [6, 6.07) is 12.8. The average Bonchev–Trinajstić information content (AvgIpc) is 2.48. The zero-order valence-electron chi connectivity index (χ0n) is 11.5. The van der Waals surface area contributed by atoms with Gasteiger partial charge in [0, 0.05) is 28.8 Å². The van der Waals surface area contributed by atoms with Gasteiger partial charge in [-0.25, -0.2) is 4.98 Å². The normalized spacial score (nSPS) is 11.0. The lowest BCUT2D eigenvalue weighted by molar-refractivity contribution is 1.01. The Kier molecular flexibility index (Phi) is 4.71. The number of hydrogen-bond acceptors (Lipinski definition) is 3. The molecule has 0 saturated carbocycles. The highest BCUT2D eigenvalue weighted by Crippen LogP contribution is 2.19. The molecule has 0 atom stereocenters. The van der Waals surface area contributed by atoms with Crippen LogP contribution in [0.2, 0.25) is 10.0 Å². The number of fused-ring (bicyclic) bond motifs is 1. The number of benzene rings is 1.